The summed E-state index contributed by atoms with van der Waals surface area (Å²) in [5, 5.41) is 9.15. The second-order valence-corrected chi connectivity index (χ2v) is 2.29. The molecule has 0 fully saturated rings. The number of rotatable bonds is 2. The van der Waals surface area contributed by atoms with Crippen molar-refractivity contribution >= 4 is 0 Å². The molecule has 1 aromatic carbocycles. The van der Waals surface area contributed by atoms with Crippen molar-refractivity contribution in [3.8, 4) is 11.5 Å². The van der Waals surface area contributed by atoms with Crippen molar-refractivity contribution in [1.29, 1.82) is 0 Å². The van der Waals surface area contributed by atoms with Crippen LogP contribution in [0.1, 0.15) is 5.56 Å². The number of nitrogens with two attached hydrogens (primary N) is 1. The highest BCUT2D eigenvalue weighted by atomic mass is 19.1. The molecule has 3 nitrogen and oxygen atoms in total. The van der Waals surface area contributed by atoms with E-state index in [9.17, 15) is 4.39 Å². The smallest absolute Gasteiger partial charge is 0.194 e. The number of halogens is 1. The summed E-state index contributed by atoms with van der Waals surface area (Å²) in [7, 11) is 1.35. The molecule has 0 heterocycles. The van der Waals surface area contributed by atoms with E-state index >= 15 is 0 Å². The molecule has 3 N–H and O–H groups in total. The van der Waals surface area contributed by atoms with Crippen LogP contribution in [0.15, 0.2) is 12.1 Å². The summed E-state index contributed by atoms with van der Waals surface area (Å²) in [5.41, 5.74) is 5.91. The molecule has 0 saturated carbocycles. The van der Waals surface area contributed by atoms with Crippen LogP contribution in [0.3, 0.4) is 0 Å². The first kappa shape index (κ1) is 8.80. The lowest BCUT2D eigenvalue weighted by molar-refractivity contribution is 0.353. The number of phenolic OH excluding ortho intramolecular Hbond substituents is 1. The highest BCUT2D eigenvalue weighted by molar-refractivity contribution is 5.46. The summed E-state index contributed by atoms with van der Waals surface area (Å²) in [6.45, 7) is 0.205. The van der Waals surface area contributed by atoms with Gasteiger partial charge in [0.15, 0.2) is 17.3 Å². The summed E-state index contributed by atoms with van der Waals surface area (Å²) in [6, 6.07) is 2.63. The number of hydrogen-bond donors (Lipinski definition) is 2. The second kappa shape index (κ2) is 3.40. The Morgan fingerprint density at radius 1 is 1.58 bits per heavy atom. The minimum absolute atomic E-state index is 0.109. The summed E-state index contributed by atoms with van der Waals surface area (Å²) in [5.74, 6) is -1.08. The fraction of sp³-hybridized carbons (Fsp3) is 0.250. The Morgan fingerprint density at radius 3 is 2.75 bits per heavy atom. The van der Waals surface area contributed by atoms with E-state index in [4.69, 9.17) is 15.6 Å². The summed E-state index contributed by atoms with van der Waals surface area (Å²) < 4.78 is 17.5. The number of ether oxygens (including phenoxy) is 1. The molecule has 0 atom stereocenters. The van der Waals surface area contributed by atoms with Gasteiger partial charge in [-0.3, -0.25) is 0 Å². The van der Waals surface area contributed by atoms with Crippen LogP contribution in [-0.2, 0) is 6.54 Å². The van der Waals surface area contributed by atoms with Crippen LogP contribution in [0, 0.1) is 5.82 Å². The van der Waals surface area contributed by atoms with Crippen LogP contribution in [0.5, 0.6) is 11.5 Å². The Bertz CT molecular complexity index is 289. The van der Waals surface area contributed by atoms with E-state index in [0.717, 1.165) is 6.07 Å². The van der Waals surface area contributed by atoms with Gasteiger partial charge < -0.3 is 15.6 Å². The molecule has 12 heavy (non-hydrogen) atoms. The van der Waals surface area contributed by atoms with Crippen LogP contribution in [0.25, 0.3) is 0 Å². The fourth-order valence-electron chi connectivity index (χ4n) is 0.977. The third-order valence-corrected chi connectivity index (χ3v) is 1.59. The van der Waals surface area contributed by atoms with Gasteiger partial charge in [-0.1, -0.05) is 6.07 Å². The number of aromatic hydroxyl groups is 1. The van der Waals surface area contributed by atoms with Crippen LogP contribution < -0.4 is 10.5 Å². The van der Waals surface area contributed by atoms with Crippen LogP contribution in [0.2, 0.25) is 0 Å². The predicted octanol–water partition coefficient (Wildman–Crippen LogP) is 0.999. The molecule has 1 rings (SSSR count). The van der Waals surface area contributed by atoms with Crippen molar-refractivity contribution in [1.82, 2.24) is 0 Å². The van der Waals surface area contributed by atoms with Gasteiger partial charge >= 0.3 is 0 Å². The number of phenols is 1. The Kier molecular flexibility index (Phi) is 2.50. The first-order valence-corrected chi connectivity index (χ1v) is 3.45. The van der Waals surface area contributed by atoms with Crippen molar-refractivity contribution in [3.63, 3.8) is 0 Å². The van der Waals surface area contributed by atoms with Gasteiger partial charge in [0.1, 0.15) is 0 Å². The maximum Gasteiger partial charge on any atom is 0.194 e. The van der Waals surface area contributed by atoms with E-state index in [1.165, 1.54) is 13.2 Å². The average Bonchev–Trinajstić information content (AvgIpc) is 2.09. The number of benzene rings is 1. The van der Waals surface area contributed by atoms with Crippen molar-refractivity contribution in [3.05, 3.63) is 23.5 Å². The van der Waals surface area contributed by atoms with Crippen molar-refractivity contribution in [2.45, 2.75) is 6.54 Å². The normalized spacial score (nSPS) is 9.92. The molecule has 0 spiro atoms. The van der Waals surface area contributed by atoms with E-state index in [1.54, 1.807) is 0 Å². The predicted molar refractivity (Wildman–Crippen MR) is 42.5 cm³/mol. The van der Waals surface area contributed by atoms with Crippen molar-refractivity contribution in [2.75, 3.05) is 7.11 Å². The van der Waals surface area contributed by atoms with Crippen molar-refractivity contribution < 1.29 is 14.2 Å². The molecule has 0 amide bonds. The van der Waals surface area contributed by atoms with E-state index in [0.29, 0.717) is 5.56 Å². The van der Waals surface area contributed by atoms with Gasteiger partial charge in [0.2, 0.25) is 0 Å². The molecule has 66 valence electrons. The number of methoxy groups -OCH3 is 1. The third kappa shape index (κ3) is 1.33. The topological polar surface area (TPSA) is 55.5 Å². The number of hydrogen-bond acceptors (Lipinski definition) is 3. The first-order chi connectivity index (χ1) is 5.70. The van der Waals surface area contributed by atoms with Gasteiger partial charge in [0.05, 0.1) is 7.11 Å². The molecular weight excluding hydrogens is 161 g/mol. The zero-order chi connectivity index (χ0) is 9.14. The van der Waals surface area contributed by atoms with Gasteiger partial charge in [-0.25, -0.2) is 4.39 Å². The van der Waals surface area contributed by atoms with Crippen LogP contribution >= 0.6 is 0 Å². The van der Waals surface area contributed by atoms with Gasteiger partial charge in [0.25, 0.3) is 0 Å². The minimum atomic E-state index is -0.705. The average molecular weight is 171 g/mol. The zero-order valence-electron chi connectivity index (χ0n) is 6.67. The van der Waals surface area contributed by atoms with E-state index in [2.05, 4.69) is 0 Å². The Hall–Kier alpha value is -1.29. The maximum absolute atomic E-state index is 12.7. The van der Waals surface area contributed by atoms with Gasteiger partial charge in [-0.05, 0) is 6.07 Å². The van der Waals surface area contributed by atoms with Gasteiger partial charge in [-0.15, -0.1) is 0 Å². The Balaban J connectivity index is 3.25. The highest BCUT2D eigenvalue weighted by Crippen LogP contribution is 2.31. The third-order valence-electron chi connectivity index (χ3n) is 1.59. The molecule has 0 aliphatic carbocycles. The summed E-state index contributed by atoms with van der Waals surface area (Å²) in [6.07, 6.45) is 0. The quantitative estimate of drug-likeness (QED) is 0.697. The fourth-order valence-corrected chi connectivity index (χ4v) is 0.977. The maximum atomic E-state index is 12.7. The van der Waals surface area contributed by atoms with Gasteiger partial charge in [-0.2, -0.15) is 0 Å². The lowest BCUT2D eigenvalue weighted by atomic mass is 10.2. The van der Waals surface area contributed by atoms with E-state index in [-0.39, 0.29) is 12.3 Å². The molecule has 0 saturated heterocycles. The van der Waals surface area contributed by atoms with Crippen LogP contribution in [-0.4, -0.2) is 12.2 Å². The Labute approximate surface area is 69.6 Å². The lowest BCUT2D eigenvalue weighted by Gasteiger charge is -2.08. The SMILES string of the molecule is COc1c(CN)ccc(F)c1O. The molecule has 0 aliphatic rings. The molecule has 0 aliphatic heterocycles. The molecule has 0 bridgehead atoms. The molecule has 0 radical (unpaired) electrons. The largest absolute Gasteiger partial charge is 0.502 e. The van der Waals surface area contributed by atoms with Gasteiger partial charge in [0, 0.05) is 12.1 Å². The molecule has 1 aromatic rings. The first-order valence-electron chi connectivity index (χ1n) is 3.45. The summed E-state index contributed by atoms with van der Waals surface area (Å²) >= 11 is 0. The van der Waals surface area contributed by atoms with E-state index < -0.39 is 11.6 Å². The molecule has 4 heteroatoms. The Morgan fingerprint density at radius 2 is 2.25 bits per heavy atom. The minimum Gasteiger partial charge on any atom is -0.502 e. The zero-order valence-corrected chi connectivity index (χ0v) is 6.67. The molecule has 0 unspecified atom stereocenters. The van der Waals surface area contributed by atoms with Crippen molar-refractivity contribution in [2.24, 2.45) is 5.73 Å². The van der Waals surface area contributed by atoms with E-state index in [1.807, 2.05) is 0 Å². The van der Waals surface area contributed by atoms with Crippen LogP contribution in [0.4, 0.5) is 4.39 Å². The highest BCUT2D eigenvalue weighted by Gasteiger charge is 2.11. The molecule has 0 aromatic heterocycles. The summed E-state index contributed by atoms with van der Waals surface area (Å²) in [4.78, 5) is 0. The second-order valence-electron chi connectivity index (χ2n) is 2.29. The molecular formula is C8H10FNO2. The standard InChI is InChI=1S/C8H10FNO2/c1-12-8-5(4-10)2-3-6(9)7(8)11/h2-3,11H,4,10H2,1H3. The monoisotopic (exact) mass is 171 g/mol. The lowest BCUT2D eigenvalue weighted by Crippen LogP contribution is -2.00.